The smallest absolute Gasteiger partial charge is 0.321 e. The maximum atomic E-state index is 11.9. The Morgan fingerprint density at radius 1 is 1.09 bits per heavy atom. The van der Waals surface area contributed by atoms with Crippen molar-refractivity contribution >= 4 is 29.2 Å². The minimum atomic E-state index is -1.13. The van der Waals surface area contributed by atoms with Crippen molar-refractivity contribution in [2.24, 2.45) is 0 Å². The predicted octanol–water partition coefficient (Wildman–Crippen LogP) is 0.399. The molecule has 0 aliphatic carbocycles. The van der Waals surface area contributed by atoms with Gasteiger partial charge in [-0.25, -0.2) is 0 Å². The van der Waals surface area contributed by atoms with Gasteiger partial charge in [-0.1, -0.05) is 0 Å². The SMILES string of the molecule is CC(=O)Nc1ccc(NC(=O)CC(NCCCO)C(=O)O)cc1. The zero-order valence-electron chi connectivity index (χ0n) is 12.8. The Hall–Kier alpha value is -2.45. The number of aliphatic carboxylic acids is 1. The number of carboxylic acids is 1. The number of nitrogens with one attached hydrogen (secondary N) is 3. The van der Waals surface area contributed by atoms with Crippen LogP contribution in [-0.4, -0.2) is 47.2 Å². The summed E-state index contributed by atoms with van der Waals surface area (Å²) in [6.45, 7) is 1.66. The average molecular weight is 323 g/mol. The highest BCUT2D eigenvalue weighted by atomic mass is 16.4. The number of amides is 2. The van der Waals surface area contributed by atoms with Crippen molar-refractivity contribution in [2.45, 2.75) is 25.8 Å². The number of aliphatic hydroxyl groups excluding tert-OH is 1. The van der Waals surface area contributed by atoms with Crippen molar-refractivity contribution in [1.29, 1.82) is 0 Å². The fourth-order valence-electron chi connectivity index (χ4n) is 1.84. The summed E-state index contributed by atoms with van der Waals surface area (Å²) >= 11 is 0. The highest BCUT2D eigenvalue weighted by Gasteiger charge is 2.20. The standard InChI is InChI=1S/C15H21N3O5/c1-10(20)17-11-3-5-12(6-4-11)18-14(21)9-13(15(22)23)16-7-2-8-19/h3-6,13,16,19H,2,7-9H2,1H3,(H,17,20)(H,18,21)(H,22,23). The number of rotatable bonds is 9. The van der Waals surface area contributed by atoms with Gasteiger partial charge in [0, 0.05) is 24.9 Å². The Kier molecular flexibility index (Phi) is 7.72. The van der Waals surface area contributed by atoms with Crippen LogP contribution in [0.25, 0.3) is 0 Å². The lowest BCUT2D eigenvalue weighted by Gasteiger charge is -2.14. The summed E-state index contributed by atoms with van der Waals surface area (Å²) in [6.07, 6.45) is 0.185. The summed E-state index contributed by atoms with van der Waals surface area (Å²) in [5.41, 5.74) is 1.10. The van der Waals surface area contributed by atoms with Gasteiger partial charge in [-0.3, -0.25) is 14.4 Å². The fraction of sp³-hybridized carbons (Fsp3) is 0.400. The van der Waals surface area contributed by atoms with Crippen LogP contribution in [0, 0.1) is 0 Å². The molecule has 0 fully saturated rings. The summed E-state index contributed by atoms with van der Waals surface area (Å²) in [5.74, 6) is -1.76. The Morgan fingerprint density at radius 3 is 2.13 bits per heavy atom. The predicted molar refractivity (Wildman–Crippen MR) is 85.1 cm³/mol. The van der Waals surface area contributed by atoms with Gasteiger partial charge in [-0.05, 0) is 37.2 Å². The lowest BCUT2D eigenvalue weighted by atomic mass is 10.2. The molecule has 23 heavy (non-hydrogen) atoms. The number of carbonyl (C=O) groups excluding carboxylic acids is 2. The van der Waals surface area contributed by atoms with E-state index in [1.54, 1.807) is 24.3 Å². The first-order valence-electron chi connectivity index (χ1n) is 7.17. The molecule has 0 spiro atoms. The third-order valence-corrected chi connectivity index (χ3v) is 2.90. The summed E-state index contributed by atoms with van der Waals surface area (Å²) < 4.78 is 0. The quantitative estimate of drug-likeness (QED) is 0.419. The summed E-state index contributed by atoms with van der Waals surface area (Å²) in [7, 11) is 0. The van der Waals surface area contributed by atoms with Gasteiger partial charge >= 0.3 is 5.97 Å². The third kappa shape index (κ3) is 7.39. The van der Waals surface area contributed by atoms with E-state index in [0.29, 0.717) is 24.3 Å². The molecule has 1 atom stereocenters. The highest BCUT2D eigenvalue weighted by molar-refractivity contribution is 5.94. The molecule has 8 heteroatoms. The molecule has 0 saturated carbocycles. The van der Waals surface area contributed by atoms with Gasteiger partial charge in [0.25, 0.3) is 0 Å². The van der Waals surface area contributed by atoms with Crippen LogP contribution in [0.1, 0.15) is 19.8 Å². The molecule has 0 bridgehead atoms. The maximum absolute atomic E-state index is 11.9. The van der Waals surface area contributed by atoms with Gasteiger partial charge in [-0.2, -0.15) is 0 Å². The van der Waals surface area contributed by atoms with Gasteiger partial charge in [0.1, 0.15) is 6.04 Å². The number of carbonyl (C=O) groups is 3. The zero-order valence-corrected chi connectivity index (χ0v) is 12.8. The molecule has 0 aromatic heterocycles. The third-order valence-electron chi connectivity index (χ3n) is 2.90. The van der Waals surface area contributed by atoms with E-state index >= 15 is 0 Å². The van der Waals surface area contributed by atoms with Crippen molar-refractivity contribution in [3.05, 3.63) is 24.3 Å². The molecule has 1 aromatic carbocycles. The van der Waals surface area contributed by atoms with Gasteiger partial charge in [0.05, 0.1) is 6.42 Å². The molecule has 0 aliphatic rings. The van der Waals surface area contributed by atoms with Gasteiger partial charge in [-0.15, -0.1) is 0 Å². The number of carboxylic acid groups (broad SMARTS) is 1. The van der Waals surface area contributed by atoms with E-state index in [4.69, 9.17) is 10.2 Å². The van der Waals surface area contributed by atoms with Gasteiger partial charge in [0.15, 0.2) is 0 Å². The van der Waals surface area contributed by atoms with E-state index in [2.05, 4.69) is 16.0 Å². The molecule has 0 heterocycles. The van der Waals surface area contributed by atoms with Crippen molar-refractivity contribution in [3.63, 3.8) is 0 Å². The minimum Gasteiger partial charge on any atom is -0.480 e. The molecule has 1 unspecified atom stereocenters. The first kappa shape index (κ1) is 18.6. The van der Waals surface area contributed by atoms with Crippen LogP contribution < -0.4 is 16.0 Å². The molecule has 2 amide bonds. The van der Waals surface area contributed by atoms with E-state index in [0.717, 1.165) is 0 Å². The second-order valence-corrected chi connectivity index (χ2v) is 4.93. The number of anilines is 2. The van der Waals surface area contributed by atoms with Crippen LogP contribution in [0.15, 0.2) is 24.3 Å². The molecular formula is C15H21N3O5. The first-order chi connectivity index (χ1) is 10.9. The number of benzene rings is 1. The molecule has 5 N–H and O–H groups in total. The monoisotopic (exact) mass is 323 g/mol. The number of aliphatic hydroxyl groups is 1. The Bertz CT molecular complexity index is 545. The highest BCUT2D eigenvalue weighted by Crippen LogP contribution is 2.14. The second kappa shape index (κ2) is 9.54. The van der Waals surface area contributed by atoms with Crippen LogP contribution in [-0.2, 0) is 14.4 Å². The first-order valence-corrected chi connectivity index (χ1v) is 7.17. The maximum Gasteiger partial charge on any atom is 0.321 e. The Morgan fingerprint density at radius 2 is 1.65 bits per heavy atom. The van der Waals surface area contributed by atoms with Crippen LogP contribution in [0.3, 0.4) is 0 Å². The Balaban J connectivity index is 2.53. The van der Waals surface area contributed by atoms with Crippen LogP contribution in [0.4, 0.5) is 11.4 Å². The summed E-state index contributed by atoms with van der Waals surface area (Å²) in [5, 5.41) is 25.6. The van der Waals surface area contributed by atoms with E-state index in [9.17, 15) is 14.4 Å². The molecule has 0 radical (unpaired) electrons. The largest absolute Gasteiger partial charge is 0.480 e. The molecule has 1 aromatic rings. The van der Waals surface area contributed by atoms with Crippen molar-refractivity contribution in [3.8, 4) is 0 Å². The lowest BCUT2D eigenvalue weighted by molar-refractivity contribution is -0.141. The molecule has 126 valence electrons. The van der Waals surface area contributed by atoms with Crippen molar-refractivity contribution in [2.75, 3.05) is 23.8 Å². The van der Waals surface area contributed by atoms with Crippen LogP contribution in [0.2, 0.25) is 0 Å². The molecule has 1 rings (SSSR count). The molecular weight excluding hydrogens is 302 g/mol. The summed E-state index contributed by atoms with van der Waals surface area (Å²) in [4.78, 5) is 33.9. The van der Waals surface area contributed by atoms with Crippen LogP contribution in [0.5, 0.6) is 0 Å². The van der Waals surface area contributed by atoms with Gasteiger partial charge in [0.2, 0.25) is 11.8 Å². The number of hydrogen-bond donors (Lipinski definition) is 5. The molecule has 0 aliphatic heterocycles. The van der Waals surface area contributed by atoms with Crippen molar-refractivity contribution < 1.29 is 24.6 Å². The van der Waals surface area contributed by atoms with Crippen LogP contribution >= 0.6 is 0 Å². The second-order valence-electron chi connectivity index (χ2n) is 4.93. The van der Waals surface area contributed by atoms with Crippen molar-refractivity contribution in [1.82, 2.24) is 5.32 Å². The fourth-order valence-corrected chi connectivity index (χ4v) is 1.84. The molecule has 0 saturated heterocycles. The minimum absolute atomic E-state index is 0.0494. The van der Waals surface area contributed by atoms with Gasteiger partial charge < -0.3 is 26.2 Å². The normalized spacial score (nSPS) is 11.6. The Labute approximate surface area is 133 Å². The molecule has 8 nitrogen and oxygen atoms in total. The zero-order chi connectivity index (χ0) is 17.2. The van der Waals surface area contributed by atoms with E-state index < -0.39 is 17.9 Å². The average Bonchev–Trinajstić information content (AvgIpc) is 2.47. The lowest BCUT2D eigenvalue weighted by Crippen LogP contribution is -2.40. The topological polar surface area (TPSA) is 128 Å². The van der Waals surface area contributed by atoms with E-state index in [1.165, 1.54) is 6.92 Å². The summed E-state index contributed by atoms with van der Waals surface area (Å²) in [6, 6.07) is 5.47. The van der Waals surface area contributed by atoms with E-state index in [-0.39, 0.29) is 18.9 Å². The van der Waals surface area contributed by atoms with E-state index in [1.807, 2.05) is 0 Å². The number of hydrogen-bond acceptors (Lipinski definition) is 5.